The Bertz CT molecular complexity index is 1190. The number of rotatable bonds is 5. The SMILES string of the molecule is C=Nc1ccccc1Pc1ccc(-c2nc(C3CCC3)n3ccnc(N)c23)cc1. The van der Waals surface area contributed by atoms with Crippen molar-refractivity contribution in [3.8, 4) is 11.3 Å². The number of nitrogens with two attached hydrogens (primary N) is 1. The maximum absolute atomic E-state index is 6.24. The van der Waals surface area contributed by atoms with E-state index in [2.05, 4.69) is 51.4 Å². The Balaban J connectivity index is 1.52. The third-order valence-corrected chi connectivity index (χ3v) is 6.91. The van der Waals surface area contributed by atoms with Crippen molar-refractivity contribution in [2.24, 2.45) is 4.99 Å². The first-order chi connectivity index (χ1) is 14.2. The molecule has 5 nitrogen and oxygen atoms in total. The molecule has 2 heterocycles. The lowest BCUT2D eigenvalue weighted by Crippen LogP contribution is -2.12. The zero-order valence-corrected chi connectivity index (χ0v) is 17.0. The van der Waals surface area contributed by atoms with Crippen LogP contribution in [0.4, 0.5) is 11.5 Å². The summed E-state index contributed by atoms with van der Waals surface area (Å²) in [6.07, 6.45) is 7.39. The van der Waals surface area contributed by atoms with Gasteiger partial charge in [-0.2, -0.15) is 0 Å². The summed E-state index contributed by atoms with van der Waals surface area (Å²) in [6.45, 7) is 3.68. The molecule has 2 N–H and O–H groups in total. The standard InChI is InChI=1S/C23H22N5P/c1-25-18-7-2-3-8-19(18)29-17-11-9-15(10-12-17)20-21-22(24)26-13-14-28(21)23(27-20)16-5-4-6-16/h2-3,7-14,16,29H,1,4-6H2,(H2,24,26). The number of para-hydroxylation sites is 1. The number of hydrogen-bond acceptors (Lipinski definition) is 4. The molecule has 4 aromatic rings. The summed E-state index contributed by atoms with van der Waals surface area (Å²) in [6, 6.07) is 16.7. The average Bonchev–Trinajstić information content (AvgIpc) is 3.08. The zero-order valence-electron chi connectivity index (χ0n) is 16.0. The number of aliphatic imine (C=N–C) groups is 1. The maximum atomic E-state index is 6.24. The Morgan fingerprint density at radius 3 is 2.62 bits per heavy atom. The van der Waals surface area contributed by atoms with Crippen LogP contribution in [0.3, 0.4) is 0 Å². The van der Waals surface area contributed by atoms with Crippen molar-refractivity contribution in [1.82, 2.24) is 14.4 Å². The Hall–Kier alpha value is -3.04. The minimum Gasteiger partial charge on any atom is -0.382 e. The molecule has 1 saturated carbocycles. The summed E-state index contributed by atoms with van der Waals surface area (Å²) < 4.78 is 2.13. The summed E-state index contributed by atoms with van der Waals surface area (Å²) in [5.74, 6) is 2.14. The van der Waals surface area contributed by atoms with Crippen LogP contribution in [0.15, 0.2) is 65.9 Å². The van der Waals surface area contributed by atoms with Crippen LogP contribution in [0.1, 0.15) is 31.0 Å². The number of nitrogens with zero attached hydrogens (tertiary/aromatic N) is 4. The summed E-state index contributed by atoms with van der Waals surface area (Å²) in [7, 11) is 0.529. The van der Waals surface area contributed by atoms with E-state index < -0.39 is 0 Å². The molecule has 29 heavy (non-hydrogen) atoms. The third-order valence-electron chi connectivity index (χ3n) is 5.59. The van der Waals surface area contributed by atoms with Gasteiger partial charge in [-0.15, -0.1) is 0 Å². The first-order valence-electron chi connectivity index (χ1n) is 9.80. The number of anilines is 1. The van der Waals surface area contributed by atoms with Gasteiger partial charge in [-0.05, 0) is 30.9 Å². The molecule has 5 rings (SSSR count). The Labute approximate surface area is 171 Å². The second kappa shape index (κ2) is 7.41. The van der Waals surface area contributed by atoms with E-state index in [9.17, 15) is 0 Å². The van der Waals surface area contributed by atoms with Gasteiger partial charge in [-0.1, -0.05) is 57.5 Å². The van der Waals surface area contributed by atoms with E-state index in [-0.39, 0.29) is 0 Å². The summed E-state index contributed by atoms with van der Waals surface area (Å²) in [5, 5.41) is 2.45. The predicted molar refractivity (Wildman–Crippen MR) is 123 cm³/mol. The molecule has 1 aliphatic rings. The van der Waals surface area contributed by atoms with E-state index in [1.54, 1.807) is 6.20 Å². The van der Waals surface area contributed by atoms with Crippen LogP contribution in [-0.2, 0) is 0 Å². The van der Waals surface area contributed by atoms with Crippen molar-refractivity contribution in [2.45, 2.75) is 25.2 Å². The molecule has 0 radical (unpaired) electrons. The van der Waals surface area contributed by atoms with E-state index in [1.807, 2.05) is 24.4 Å². The number of imidazole rings is 1. The molecule has 1 atom stereocenters. The van der Waals surface area contributed by atoms with Crippen LogP contribution in [0.2, 0.25) is 0 Å². The first-order valence-corrected chi connectivity index (χ1v) is 10.8. The summed E-state index contributed by atoms with van der Waals surface area (Å²) >= 11 is 0. The van der Waals surface area contributed by atoms with Gasteiger partial charge in [0.2, 0.25) is 0 Å². The van der Waals surface area contributed by atoms with E-state index >= 15 is 0 Å². The fraction of sp³-hybridized carbons (Fsp3) is 0.174. The zero-order chi connectivity index (χ0) is 19.8. The van der Waals surface area contributed by atoms with Crippen molar-refractivity contribution in [3.63, 3.8) is 0 Å². The first kappa shape index (κ1) is 18.0. The molecule has 1 fully saturated rings. The van der Waals surface area contributed by atoms with Crippen LogP contribution in [-0.4, -0.2) is 21.1 Å². The Kier molecular flexibility index (Phi) is 4.61. The van der Waals surface area contributed by atoms with Gasteiger partial charge in [0, 0.05) is 29.2 Å². The quantitative estimate of drug-likeness (QED) is 0.404. The predicted octanol–water partition coefficient (Wildman–Crippen LogP) is 4.21. The summed E-state index contributed by atoms with van der Waals surface area (Å²) in [5.41, 5.74) is 10.1. The number of hydrogen-bond donors (Lipinski definition) is 1. The fourth-order valence-electron chi connectivity index (χ4n) is 3.83. The number of benzene rings is 2. The molecule has 0 bridgehead atoms. The van der Waals surface area contributed by atoms with Gasteiger partial charge >= 0.3 is 0 Å². The minimum absolute atomic E-state index is 0.515. The average molecular weight is 399 g/mol. The normalized spacial score (nSPS) is 14.5. The maximum Gasteiger partial charge on any atom is 0.150 e. The number of aromatic nitrogens is 3. The Morgan fingerprint density at radius 2 is 1.90 bits per heavy atom. The Morgan fingerprint density at radius 1 is 1.10 bits per heavy atom. The molecule has 0 saturated heterocycles. The van der Waals surface area contributed by atoms with Crippen LogP contribution in [0, 0.1) is 0 Å². The molecule has 0 spiro atoms. The second-order valence-corrected chi connectivity index (χ2v) is 8.72. The highest BCUT2D eigenvalue weighted by molar-refractivity contribution is 7.55. The molecule has 0 aliphatic heterocycles. The van der Waals surface area contributed by atoms with Crippen molar-refractivity contribution in [1.29, 1.82) is 0 Å². The van der Waals surface area contributed by atoms with Gasteiger partial charge < -0.3 is 5.73 Å². The highest BCUT2D eigenvalue weighted by atomic mass is 31.1. The largest absolute Gasteiger partial charge is 0.382 e. The lowest BCUT2D eigenvalue weighted by Gasteiger charge is -2.23. The van der Waals surface area contributed by atoms with Crippen molar-refractivity contribution in [3.05, 3.63) is 66.7 Å². The molecule has 1 aliphatic carbocycles. The molecule has 1 unspecified atom stereocenters. The minimum atomic E-state index is 0.515. The van der Waals surface area contributed by atoms with E-state index in [1.165, 1.54) is 29.9 Å². The molecular formula is C23H22N5P. The second-order valence-electron chi connectivity index (χ2n) is 7.36. The molecular weight excluding hydrogens is 377 g/mol. The van der Waals surface area contributed by atoms with Crippen LogP contribution >= 0.6 is 8.58 Å². The van der Waals surface area contributed by atoms with Crippen molar-refractivity contribution >= 4 is 42.9 Å². The monoisotopic (exact) mass is 399 g/mol. The smallest absolute Gasteiger partial charge is 0.150 e. The lowest BCUT2D eigenvalue weighted by molar-refractivity contribution is 0.400. The van der Waals surface area contributed by atoms with Gasteiger partial charge in [-0.25, -0.2) is 9.97 Å². The van der Waals surface area contributed by atoms with Gasteiger partial charge in [-0.3, -0.25) is 9.39 Å². The molecule has 0 amide bonds. The molecule has 144 valence electrons. The summed E-state index contributed by atoms with van der Waals surface area (Å²) in [4.78, 5) is 13.4. The third kappa shape index (κ3) is 3.22. The van der Waals surface area contributed by atoms with Crippen LogP contribution in [0.5, 0.6) is 0 Å². The van der Waals surface area contributed by atoms with Gasteiger partial charge in [0.1, 0.15) is 22.9 Å². The van der Waals surface area contributed by atoms with Gasteiger partial charge in [0.05, 0.1) is 5.69 Å². The van der Waals surface area contributed by atoms with E-state index in [0.717, 1.165) is 28.3 Å². The lowest BCUT2D eigenvalue weighted by atomic mass is 9.85. The molecule has 6 heteroatoms. The van der Waals surface area contributed by atoms with E-state index in [4.69, 9.17) is 10.7 Å². The number of nitrogen functional groups attached to an aromatic ring is 1. The fourth-order valence-corrected chi connectivity index (χ4v) is 4.94. The van der Waals surface area contributed by atoms with Crippen molar-refractivity contribution in [2.75, 3.05) is 5.73 Å². The highest BCUT2D eigenvalue weighted by Gasteiger charge is 2.26. The highest BCUT2D eigenvalue weighted by Crippen LogP contribution is 2.39. The molecule has 2 aromatic heterocycles. The number of fused-ring (bicyclic) bond motifs is 1. The van der Waals surface area contributed by atoms with Crippen LogP contribution < -0.4 is 16.3 Å². The van der Waals surface area contributed by atoms with Crippen LogP contribution in [0.25, 0.3) is 16.8 Å². The van der Waals surface area contributed by atoms with Gasteiger partial charge in [0.15, 0.2) is 0 Å². The molecule has 2 aromatic carbocycles. The van der Waals surface area contributed by atoms with Gasteiger partial charge in [0.25, 0.3) is 0 Å². The topological polar surface area (TPSA) is 68.6 Å². The van der Waals surface area contributed by atoms with Crippen molar-refractivity contribution < 1.29 is 0 Å². The van der Waals surface area contributed by atoms with E-state index in [0.29, 0.717) is 20.3 Å².